The van der Waals surface area contributed by atoms with E-state index in [2.05, 4.69) is 15.5 Å². The Balaban J connectivity index is 1.55. The van der Waals surface area contributed by atoms with Crippen LogP contribution in [-0.4, -0.2) is 32.5 Å². The number of nitrogens with one attached hydrogen (secondary N) is 1. The first kappa shape index (κ1) is 20.0. The number of amides is 1. The third-order valence-corrected chi connectivity index (χ3v) is 6.05. The molecular weight excluding hydrogens is 384 g/mol. The summed E-state index contributed by atoms with van der Waals surface area (Å²) in [5.41, 5.74) is 0.968. The molecule has 3 rings (SSSR count). The normalized spacial score (nSPS) is 14.5. The van der Waals surface area contributed by atoms with Gasteiger partial charge in [-0.2, -0.15) is 0 Å². The van der Waals surface area contributed by atoms with Gasteiger partial charge < -0.3 is 14.6 Å². The number of hydrogen-bond donors (Lipinski definition) is 1. The average Bonchev–Trinajstić information content (AvgIpc) is 3.30. The highest BCUT2D eigenvalue weighted by Crippen LogP contribution is 2.23. The Bertz CT molecular complexity index is 790. The van der Waals surface area contributed by atoms with E-state index in [-0.39, 0.29) is 5.91 Å². The third kappa shape index (κ3) is 5.39. The fourth-order valence-electron chi connectivity index (χ4n) is 3.17. The van der Waals surface area contributed by atoms with E-state index < -0.39 is 0 Å². The molecule has 1 fully saturated rings. The largest absolute Gasteiger partial charge is 0.486 e. The smallest absolute Gasteiger partial charge is 0.230 e. The highest BCUT2D eigenvalue weighted by atomic mass is 35.5. The highest BCUT2D eigenvalue weighted by Gasteiger charge is 2.18. The summed E-state index contributed by atoms with van der Waals surface area (Å²) in [5, 5.41) is 13.0. The summed E-state index contributed by atoms with van der Waals surface area (Å²) in [6, 6.07) is 5.90. The van der Waals surface area contributed by atoms with Gasteiger partial charge in [-0.3, -0.25) is 4.79 Å². The van der Waals surface area contributed by atoms with Gasteiger partial charge in [0, 0.05) is 17.6 Å². The van der Waals surface area contributed by atoms with Gasteiger partial charge in [-0.25, -0.2) is 0 Å². The van der Waals surface area contributed by atoms with E-state index in [1.54, 1.807) is 0 Å². The van der Waals surface area contributed by atoms with Crippen LogP contribution >= 0.6 is 23.4 Å². The van der Waals surface area contributed by atoms with Crippen LogP contribution < -0.4 is 10.1 Å². The standard InChI is InChI=1S/C19H25ClN4O2S/c1-3-24-17(11-26-15-8-9-16(20)13(2)10-15)22-23-19(24)27-12-18(25)21-14-6-4-5-7-14/h8-10,14H,3-7,11-12H2,1-2H3,(H,21,25). The summed E-state index contributed by atoms with van der Waals surface area (Å²) < 4.78 is 7.81. The molecule has 8 heteroatoms. The number of nitrogens with zero attached hydrogens (tertiary/aromatic N) is 3. The quantitative estimate of drug-likeness (QED) is 0.669. The summed E-state index contributed by atoms with van der Waals surface area (Å²) in [6.07, 6.45) is 4.60. The van der Waals surface area contributed by atoms with Gasteiger partial charge in [0.1, 0.15) is 12.4 Å². The van der Waals surface area contributed by atoms with Crippen molar-refractivity contribution in [2.24, 2.45) is 0 Å². The van der Waals surface area contributed by atoms with Gasteiger partial charge in [0.25, 0.3) is 0 Å². The first-order chi connectivity index (χ1) is 13.1. The second-order valence-corrected chi connectivity index (χ2v) is 8.03. The molecule has 2 aromatic rings. The molecule has 0 aliphatic heterocycles. The van der Waals surface area contributed by atoms with Gasteiger partial charge in [0.2, 0.25) is 5.91 Å². The topological polar surface area (TPSA) is 69.0 Å². The maximum Gasteiger partial charge on any atom is 0.230 e. The number of rotatable bonds is 8. The van der Waals surface area contributed by atoms with E-state index in [0.717, 1.165) is 41.7 Å². The van der Waals surface area contributed by atoms with Crippen molar-refractivity contribution in [2.75, 3.05) is 5.75 Å². The average molecular weight is 409 g/mol. The van der Waals surface area contributed by atoms with Crippen molar-refractivity contribution < 1.29 is 9.53 Å². The van der Waals surface area contributed by atoms with E-state index in [1.807, 2.05) is 36.6 Å². The monoisotopic (exact) mass is 408 g/mol. The number of benzene rings is 1. The molecule has 1 heterocycles. The van der Waals surface area contributed by atoms with Gasteiger partial charge in [-0.05, 0) is 50.5 Å². The van der Waals surface area contributed by atoms with E-state index in [0.29, 0.717) is 23.4 Å². The lowest BCUT2D eigenvalue weighted by molar-refractivity contribution is -0.119. The summed E-state index contributed by atoms with van der Waals surface area (Å²) in [5.74, 6) is 1.90. The number of thioether (sulfide) groups is 1. The fourth-order valence-corrected chi connectivity index (χ4v) is 4.12. The number of ether oxygens (including phenoxy) is 1. The molecule has 0 unspecified atom stereocenters. The highest BCUT2D eigenvalue weighted by molar-refractivity contribution is 7.99. The van der Waals surface area contributed by atoms with Crippen LogP contribution in [0, 0.1) is 6.92 Å². The van der Waals surface area contributed by atoms with E-state index in [9.17, 15) is 4.79 Å². The summed E-state index contributed by atoms with van der Waals surface area (Å²) in [4.78, 5) is 12.1. The summed E-state index contributed by atoms with van der Waals surface area (Å²) >= 11 is 7.46. The summed E-state index contributed by atoms with van der Waals surface area (Å²) in [6.45, 7) is 5.01. The lowest BCUT2D eigenvalue weighted by atomic mass is 10.2. The molecular formula is C19H25ClN4O2S. The van der Waals surface area contributed by atoms with Crippen LogP contribution in [0.1, 0.15) is 44.0 Å². The molecule has 1 aliphatic carbocycles. The number of halogens is 1. The Morgan fingerprint density at radius 3 is 2.85 bits per heavy atom. The molecule has 1 saturated carbocycles. The van der Waals surface area contributed by atoms with E-state index in [1.165, 1.54) is 24.6 Å². The Morgan fingerprint density at radius 2 is 2.15 bits per heavy atom. The van der Waals surface area contributed by atoms with Crippen LogP contribution in [0.25, 0.3) is 0 Å². The van der Waals surface area contributed by atoms with Crippen LogP contribution in [0.2, 0.25) is 5.02 Å². The van der Waals surface area contributed by atoms with Crippen LogP contribution in [0.3, 0.4) is 0 Å². The van der Waals surface area contributed by atoms with Crippen molar-refractivity contribution in [3.8, 4) is 5.75 Å². The zero-order valence-corrected chi connectivity index (χ0v) is 17.3. The number of carbonyl (C=O) groups is 1. The third-order valence-electron chi connectivity index (χ3n) is 4.66. The molecule has 0 saturated heterocycles. The Morgan fingerprint density at radius 1 is 1.37 bits per heavy atom. The molecule has 6 nitrogen and oxygen atoms in total. The van der Waals surface area contributed by atoms with Crippen molar-refractivity contribution >= 4 is 29.3 Å². The number of hydrogen-bond acceptors (Lipinski definition) is 5. The van der Waals surface area contributed by atoms with Crippen molar-refractivity contribution in [1.82, 2.24) is 20.1 Å². The maximum atomic E-state index is 12.1. The zero-order chi connectivity index (χ0) is 19.2. The Hall–Kier alpha value is -1.73. The van der Waals surface area contributed by atoms with Crippen LogP contribution in [0.4, 0.5) is 0 Å². The molecule has 1 N–H and O–H groups in total. The van der Waals surface area contributed by atoms with Gasteiger partial charge in [-0.1, -0.05) is 36.2 Å². The zero-order valence-electron chi connectivity index (χ0n) is 15.7. The number of aromatic nitrogens is 3. The molecule has 0 radical (unpaired) electrons. The maximum absolute atomic E-state index is 12.1. The minimum absolute atomic E-state index is 0.0620. The Kier molecular flexibility index (Phi) is 7.01. The SMILES string of the molecule is CCn1c(COc2ccc(Cl)c(C)c2)nnc1SCC(=O)NC1CCCC1. The second-order valence-electron chi connectivity index (χ2n) is 6.68. The van der Waals surface area contributed by atoms with Gasteiger partial charge in [0.15, 0.2) is 11.0 Å². The molecule has 0 bridgehead atoms. The van der Waals surface area contributed by atoms with Crippen molar-refractivity contribution in [2.45, 2.75) is 63.9 Å². The van der Waals surface area contributed by atoms with Crippen LogP contribution in [0.5, 0.6) is 5.75 Å². The second kappa shape index (κ2) is 9.46. The van der Waals surface area contributed by atoms with Gasteiger partial charge >= 0.3 is 0 Å². The predicted octanol–water partition coefficient (Wildman–Crippen LogP) is 3.99. The summed E-state index contributed by atoms with van der Waals surface area (Å²) in [7, 11) is 0. The van der Waals surface area contributed by atoms with Crippen LogP contribution in [-0.2, 0) is 17.9 Å². The first-order valence-corrected chi connectivity index (χ1v) is 10.7. The lowest BCUT2D eigenvalue weighted by Gasteiger charge is -2.12. The molecule has 1 amide bonds. The molecule has 146 valence electrons. The minimum atomic E-state index is 0.0620. The van der Waals surface area contributed by atoms with Crippen molar-refractivity contribution in [1.29, 1.82) is 0 Å². The molecule has 27 heavy (non-hydrogen) atoms. The van der Waals surface area contributed by atoms with Gasteiger partial charge in [0.05, 0.1) is 5.75 Å². The minimum Gasteiger partial charge on any atom is -0.486 e. The Labute approximate surface area is 169 Å². The molecule has 1 aromatic carbocycles. The lowest BCUT2D eigenvalue weighted by Crippen LogP contribution is -2.33. The van der Waals surface area contributed by atoms with Gasteiger partial charge in [-0.15, -0.1) is 10.2 Å². The number of aryl methyl sites for hydroxylation is 1. The molecule has 1 aliphatic rings. The predicted molar refractivity (Wildman–Crippen MR) is 107 cm³/mol. The van der Waals surface area contributed by atoms with E-state index in [4.69, 9.17) is 16.3 Å². The fraction of sp³-hybridized carbons (Fsp3) is 0.526. The van der Waals surface area contributed by atoms with Crippen LogP contribution in [0.15, 0.2) is 23.4 Å². The first-order valence-electron chi connectivity index (χ1n) is 9.30. The molecule has 1 aromatic heterocycles. The molecule has 0 atom stereocenters. The molecule has 0 spiro atoms. The number of carbonyl (C=O) groups excluding carboxylic acids is 1. The van der Waals surface area contributed by atoms with E-state index >= 15 is 0 Å². The van der Waals surface area contributed by atoms with Crippen molar-refractivity contribution in [3.05, 3.63) is 34.6 Å². The van der Waals surface area contributed by atoms with Crippen molar-refractivity contribution in [3.63, 3.8) is 0 Å².